The van der Waals surface area contributed by atoms with Crippen LogP contribution < -0.4 is 0 Å². The van der Waals surface area contributed by atoms with Crippen LogP contribution >= 0.6 is 0 Å². The summed E-state index contributed by atoms with van der Waals surface area (Å²) < 4.78 is 12.0. The van der Waals surface area contributed by atoms with Gasteiger partial charge >= 0.3 is 11.9 Å². The highest BCUT2D eigenvalue weighted by atomic mass is 16.5. The first-order valence-electron chi connectivity index (χ1n) is 13.0. The number of hydrogen-bond acceptors (Lipinski definition) is 4. The maximum atomic E-state index is 12.8. The molecule has 2 aromatic rings. The van der Waals surface area contributed by atoms with Crippen LogP contribution in [0.5, 0.6) is 0 Å². The van der Waals surface area contributed by atoms with Gasteiger partial charge in [0.2, 0.25) is 0 Å². The number of unbranched alkanes of at least 4 members (excludes halogenated alkanes) is 4. The average Bonchev–Trinajstić information content (AvgIpc) is 2.86. The van der Waals surface area contributed by atoms with Crippen LogP contribution in [0.3, 0.4) is 0 Å². The van der Waals surface area contributed by atoms with Crippen molar-refractivity contribution in [3.05, 3.63) is 71.8 Å². The minimum Gasteiger partial charge on any atom is -0.459 e. The maximum absolute atomic E-state index is 12.8. The fraction of sp³-hybridized carbons (Fsp3) is 0.533. The average molecular weight is 467 g/mol. The molecule has 0 bridgehead atoms. The highest BCUT2D eigenvalue weighted by molar-refractivity contribution is 5.89. The van der Waals surface area contributed by atoms with Crippen molar-refractivity contribution < 1.29 is 19.1 Å². The zero-order valence-electron chi connectivity index (χ0n) is 21.4. The summed E-state index contributed by atoms with van der Waals surface area (Å²) in [5.41, 5.74) is 1.13. The van der Waals surface area contributed by atoms with Crippen molar-refractivity contribution in [1.29, 1.82) is 0 Å². The Morgan fingerprint density at radius 3 is 1.29 bits per heavy atom. The summed E-state index contributed by atoms with van der Waals surface area (Å²) in [6.45, 7) is 8.37. The third kappa shape index (κ3) is 8.96. The third-order valence-corrected chi connectivity index (χ3v) is 6.64. The zero-order chi connectivity index (χ0) is 24.8. The number of carbonyl (C=O) groups is 2. The van der Waals surface area contributed by atoms with Crippen molar-refractivity contribution in [2.45, 2.75) is 91.3 Å². The molecule has 0 aliphatic rings. The SMILES string of the molecule is CCCCCC(C(C)OC(=O)c1ccccc1)C(CCCCC)C(C)OC(=O)c1ccccc1. The summed E-state index contributed by atoms with van der Waals surface area (Å²) in [5.74, 6) is -0.353. The monoisotopic (exact) mass is 466 g/mol. The molecule has 2 aromatic carbocycles. The van der Waals surface area contributed by atoms with E-state index in [0.29, 0.717) is 11.1 Å². The molecule has 4 atom stereocenters. The van der Waals surface area contributed by atoms with E-state index in [1.54, 1.807) is 24.3 Å². The van der Waals surface area contributed by atoms with Crippen LogP contribution in [0.2, 0.25) is 0 Å². The van der Waals surface area contributed by atoms with E-state index >= 15 is 0 Å². The molecule has 0 aliphatic carbocycles. The number of ether oxygens (including phenoxy) is 2. The number of benzene rings is 2. The van der Waals surface area contributed by atoms with Crippen LogP contribution in [0, 0.1) is 11.8 Å². The molecule has 34 heavy (non-hydrogen) atoms. The summed E-state index contributed by atoms with van der Waals surface area (Å²) in [7, 11) is 0. The molecular weight excluding hydrogens is 424 g/mol. The van der Waals surface area contributed by atoms with E-state index in [2.05, 4.69) is 13.8 Å². The molecule has 2 rings (SSSR count). The maximum Gasteiger partial charge on any atom is 0.338 e. The van der Waals surface area contributed by atoms with E-state index < -0.39 is 0 Å². The topological polar surface area (TPSA) is 52.6 Å². The molecule has 4 unspecified atom stereocenters. The third-order valence-electron chi connectivity index (χ3n) is 6.64. The van der Waals surface area contributed by atoms with Gasteiger partial charge in [-0.05, 0) is 51.0 Å². The molecule has 0 fully saturated rings. The predicted octanol–water partition coefficient (Wildman–Crippen LogP) is 7.87. The van der Waals surface area contributed by atoms with Crippen LogP contribution in [0.1, 0.15) is 99.8 Å². The largest absolute Gasteiger partial charge is 0.459 e. The Balaban J connectivity index is 2.20. The Morgan fingerprint density at radius 1 is 0.618 bits per heavy atom. The Labute approximate surface area is 206 Å². The quantitative estimate of drug-likeness (QED) is 0.198. The van der Waals surface area contributed by atoms with Gasteiger partial charge in [0.1, 0.15) is 12.2 Å². The molecule has 186 valence electrons. The Kier molecular flexibility index (Phi) is 12.4. The van der Waals surface area contributed by atoms with E-state index in [1.807, 2.05) is 50.2 Å². The van der Waals surface area contributed by atoms with Crippen molar-refractivity contribution in [3.8, 4) is 0 Å². The number of rotatable bonds is 15. The smallest absolute Gasteiger partial charge is 0.338 e. The zero-order valence-corrected chi connectivity index (χ0v) is 21.4. The Bertz CT molecular complexity index is 762. The molecule has 4 heteroatoms. The first-order chi connectivity index (χ1) is 16.5. The van der Waals surface area contributed by atoms with Gasteiger partial charge in [0.05, 0.1) is 11.1 Å². The molecule has 0 radical (unpaired) electrons. The van der Waals surface area contributed by atoms with Gasteiger partial charge in [0, 0.05) is 11.8 Å². The molecule has 0 N–H and O–H groups in total. The highest BCUT2D eigenvalue weighted by Gasteiger charge is 2.34. The fourth-order valence-corrected chi connectivity index (χ4v) is 4.65. The molecule has 0 spiro atoms. The highest BCUT2D eigenvalue weighted by Crippen LogP contribution is 2.33. The number of esters is 2. The van der Waals surface area contributed by atoms with E-state index in [-0.39, 0.29) is 36.0 Å². The second-order valence-electron chi connectivity index (χ2n) is 9.27. The van der Waals surface area contributed by atoms with Crippen LogP contribution in [0.25, 0.3) is 0 Å². The summed E-state index contributed by atoms with van der Waals surface area (Å²) in [6.07, 6.45) is 8.01. The van der Waals surface area contributed by atoms with Crippen LogP contribution in [0.15, 0.2) is 60.7 Å². The van der Waals surface area contributed by atoms with Crippen molar-refractivity contribution in [2.24, 2.45) is 11.8 Å². The molecule has 0 saturated heterocycles. The van der Waals surface area contributed by atoms with Crippen LogP contribution in [0.4, 0.5) is 0 Å². The van der Waals surface area contributed by atoms with E-state index in [4.69, 9.17) is 9.47 Å². The lowest BCUT2D eigenvalue weighted by molar-refractivity contribution is -0.0288. The molecule has 0 aromatic heterocycles. The molecule has 4 nitrogen and oxygen atoms in total. The van der Waals surface area contributed by atoms with E-state index in [0.717, 1.165) is 51.4 Å². The van der Waals surface area contributed by atoms with Gasteiger partial charge < -0.3 is 9.47 Å². The lowest BCUT2D eigenvalue weighted by atomic mass is 9.78. The fourth-order valence-electron chi connectivity index (χ4n) is 4.65. The normalized spacial score (nSPS) is 14.6. The van der Waals surface area contributed by atoms with Crippen molar-refractivity contribution in [2.75, 3.05) is 0 Å². The number of hydrogen-bond donors (Lipinski definition) is 0. The lowest BCUT2D eigenvalue weighted by Gasteiger charge is -2.35. The molecule has 0 heterocycles. The molecule has 0 amide bonds. The molecule has 0 saturated carbocycles. The first-order valence-corrected chi connectivity index (χ1v) is 13.0. The summed E-state index contributed by atoms with van der Waals surface area (Å²) in [6, 6.07) is 18.3. The van der Waals surface area contributed by atoms with Gasteiger partial charge in [-0.3, -0.25) is 0 Å². The second kappa shape index (κ2) is 15.3. The van der Waals surface area contributed by atoms with Crippen molar-refractivity contribution >= 4 is 11.9 Å². The summed E-state index contributed by atoms with van der Waals surface area (Å²) in [5, 5.41) is 0. The van der Waals surface area contributed by atoms with Crippen LogP contribution in [-0.4, -0.2) is 24.1 Å². The lowest BCUT2D eigenvalue weighted by Crippen LogP contribution is -2.37. The van der Waals surface area contributed by atoms with Gasteiger partial charge in [0.25, 0.3) is 0 Å². The summed E-state index contributed by atoms with van der Waals surface area (Å²) in [4.78, 5) is 25.6. The van der Waals surface area contributed by atoms with Crippen molar-refractivity contribution in [1.82, 2.24) is 0 Å². The molecular formula is C30H42O4. The number of carbonyl (C=O) groups excluding carboxylic acids is 2. The van der Waals surface area contributed by atoms with Crippen molar-refractivity contribution in [3.63, 3.8) is 0 Å². The van der Waals surface area contributed by atoms with Crippen LogP contribution in [-0.2, 0) is 9.47 Å². The van der Waals surface area contributed by atoms with Gasteiger partial charge in [-0.2, -0.15) is 0 Å². The van der Waals surface area contributed by atoms with E-state index in [9.17, 15) is 9.59 Å². The van der Waals surface area contributed by atoms with Gasteiger partial charge in [-0.1, -0.05) is 88.8 Å². The minimum absolute atomic E-state index is 0.120. The summed E-state index contributed by atoms with van der Waals surface area (Å²) >= 11 is 0. The van der Waals surface area contributed by atoms with Gasteiger partial charge in [0.15, 0.2) is 0 Å². The predicted molar refractivity (Wildman–Crippen MR) is 138 cm³/mol. The Hall–Kier alpha value is -2.62. The minimum atomic E-state index is -0.296. The van der Waals surface area contributed by atoms with E-state index in [1.165, 1.54) is 0 Å². The second-order valence-corrected chi connectivity index (χ2v) is 9.27. The standard InChI is InChI=1S/C30H42O4/c1-5-7-11-21-27(23(3)33-29(31)25-17-13-9-14-18-25)28(22-12-8-6-2)24(4)34-30(32)26-19-15-10-16-20-26/h9-10,13-20,23-24,27-28H,5-8,11-12,21-22H2,1-4H3. The Morgan fingerprint density at radius 2 is 0.971 bits per heavy atom. The van der Waals surface area contributed by atoms with Gasteiger partial charge in [-0.25, -0.2) is 9.59 Å². The van der Waals surface area contributed by atoms with Gasteiger partial charge in [-0.15, -0.1) is 0 Å². The molecule has 0 aliphatic heterocycles. The first kappa shape index (κ1) is 27.6.